The van der Waals surface area contributed by atoms with Crippen molar-refractivity contribution in [2.45, 2.75) is 81.3 Å². The van der Waals surface area contributed by atoms with Crippen LogP contribution in [0.25, 0.3) is 0 Å². The van der Waals surface area contributed by atoms with E-state index in [2.05, 4.69) is 6.58 Å². The molecule has 12 heteroatoms. The van der Waals surface area contributed by atoms with Gasteiger partial charge in [-0.25, -0.2) is 4.79 Å². The van der Waals surface area contributed by atoms with Crippen molar-refractivity contribution in [1.82, 2.24) is 0 Å². The lowest BCUT2D eigenvalue weighted by Gasteiger charge is -2.24. The molecule has 0 fully saturated rings. The van der Waals surface area contributed by atoms with Crippen LogP contribution in [0.4, 0.5) is 0 Å². The fourth-order valence-electron chi connectivity index (χ4n) is 2.48. The summed E-state index contributed by atoms with van der Waals surface area (Å²) < 4.78 is 41.7. The number of esters is 2. The molecule has 10 nitrogen and oxygen atoms in total. The van der Waals surface area contributed by atoms with Gasteiger partial charge in [-0.1, -0.05) is 35.8 Å². The summed E-state index contributed by atoms with van der Waals surface area (Å²) in [6.07, 6.45) is 2.08. The van der Waals surface area contributed by atoms with Crippen LogP contribution >= 0.6 is 0 Å². The first kappa shape index (κ1) is 45.8. The van der Waals surface area contributed by atoms with Crippen molar-refractivity contribution in [3.05, 3.63) is 12.2 Å². The summed E-state index contributed by atoms with van der Waals surface area (Å²) >= 11 is 0. The average molecular weight is 575 g/mol. The first-order valence-corrected chi connectivity index (χ1v) is 15.1. The first-order chi connectivity index (χ1) is 15.9. The molecule has 0 aromatic heterocycles. The minimum atomic E-state index is -2.53. The lowest BCUT2D eigenvalue weighted by Crippen LogP contribution is -2.42. The van der Waals surface area contributed by atoms with Gasteiger partial charge >= 0.3 is 29.5 Å². The van der Waals surface area contributed by atoms with Crippen LogP contribution < -0.4 is 0 Å². The molecule has 0 saturated carbocycles. The molecular weight excluding hydrogens is 516 g/mol. The molecule has 0 atom stereocenters. The Morgan fingerprint density at radius 1 is 0.703 bits per heavy atom. The molecule has 0 aliphatic carbocycles. The van der Waals surface area contributed by atoms with Gasteiger partial charge in [0.05, 0.1) is 18.6 Å². The third-order valence-corrected chi connectivity index (χ3v) is 11.0. The van der Waals surface area contributed by atoms with Crippen LogP contribution in [0.2, 0.25) is 12.1 Å². The Hall–Kier alpha value is -1.13. The summed E-state index contributed by atoms with van der Waals surface area (Å²) in [6.45, 7) is 11.5. The fraction of sp³-hybridized carbons (Fsp3) is 0.840. The predicted molar refractivity (Wildman–Crippen MR) is 153 cm³/mol. The first-order valence-electron chi connectivity index (χ1n) is 11.2. The number of carbonyl (C=O) groups excluding carboxylic acids is 2. The Balaban J connectivity index is -0.000000172. The molecule has 0 N–H and O–H groups in total. The van der Waals surface area contributed by atoms with Crippen molar-refractivity contribution >= 4 is 29.5 Å². The Kier molecular flexibility index (Phi) is 29.6. The quantitative estimate of drug-likeness (QED) is 0.0954. The zero-order chi connectivity index (χ0) is 26.8. The van der Waals surface area contributed by atoms with E-state index in [0.29, 0.717) is 43.7 Å². The maximum absolute atomic E-state index is 11.7. The minimum absolute atomic E-state index is 0. The van der Waals surface area contributed by atoms with E-state index in [1.54, 1.807) is 49.6 Å². The highest BCUT2D eigenvalue weighted by Gasteiger charge is 2.38. The van der Waals surface area contributed by atoms with Crippen molar-refractivity contribution in [2.24, 2.45) is 5.41 Å². The molecule has 0 aliphatic heterocycles. The molecule has 0 bridgehead atoms. The van der Waals surface area contributed by atoms with Crippen LogP contribution in [0.3, 0.4) is 0 Å². The van der Waals surface area contributed by atoms with Crippen molar-refractivity contribution in [1.29, 1.82) is 0 Å². The van der Waals surface area contributed by atoms with Crippen LogP contribution in [-0.4, -0.2) is 85.4 Å². The summed E-state index contributed by atoms with van der Waals surface area (Å²) in [5.41, 5.74) is -0.0214. The number of ether oxygens (including phenoxy) is 2. The molecule has 226 valence electrons. The van der Waals surface area contributed by atoms with Gasteiger partial charge in [0.1, 0.15) is 0 Å². The number of rotatable bonds is 17. The van der Waals surface area contributed by atoms with Gasteiger partial charge in [0.25, 0.3) is 0 Å². The lowest BCUT2D eigenvalue weighted by atomic mass is 9.91. The van der Waals surface area contributed by atoms with Gasteiger partial charge in [-0.05, 0) is 40.0 Å². The summed E-state index contributed by atoms with van der Waals surface area (Å²) in [6, 6.07) is 1.25. The van der Waals surface area contributed by atoms with E-state index >= 15 is 0 Å². The Labute approximate surface area is 230 Å². The molecule has 0 rings (SSSR count). The van der Waals surface area contributed by atoms with Gasteiger partial charge in [-0.3, -0.25) is 4.79 Å². The average Bonchev–Trinajstić information content (AvgIpc) is 2.85. The zero-order valence-electron chi connectivity index (χ0n) is 22.7. The maximum atomic E-state index is 11.7. The van der Waals surface area contributed by atoms with Crippen LogP contribution in [0, 0.1) is 5.41 Å². The Morgan fingerprint density at radius 3 is 1.30 bits per heavy atom. The highest BCUT2D eigenvalue weighted by atomic mass is 28.4. The maximum Gasteiger partial charge on any atom is 0.500 e. The molecule has 0 heterocycles. The molecule has 0 spiro atoms. The van der Waals surface area contributed by atoms with Crippen molar-refractivity contribution < 1.29 is 45.6 Å². The molecule has 0 unspecified atom stereocenters. The summed E-state index contributed by atoms with van der Waals surface area (Å²) in [5.74, 6) is -0.538. The van der Waals surface area contributed by atoms with Gasteiger partial charge in [-0.15, -0.1) is 0 Å². The monoisotopic (exact) mass is 574 g/mol. The summed E-state index contributed by atoms with van der Waals surface area (Å²) in [7, 11) is 4.32. The molecule has 0 aliphatic rings. The molecule has 0 saturated heterocycles. The topological polar surface area (TPSA) is 108 Å². The van der Waals surface area contributed by atoms with Crippen LogP contribution in [0.5, 0.6) is 0 Å². The second kappa shape index (κ2) is 24.0. The second-order valence-corrected chi connectivity index (χ2v) is 14.3. The SMILES string of the molecule is C.C.C.C=C(C)C(=O)OCCC[Si](OC)(OC)OC.CCC(C)(C)C(=O)OCCC[Si](OC)(OC)OC. The number of hydrogen-bond donors (Lipinski definition) is 0. The van der Waals surface area contributed by atoms with E-state index in [0.717, 1.165) is 6.42 Å². The van der Waals surface area contributed by atoms with E-state index in [9.17, 15) is 9.59 Å². The largest absolute Gasteiger partial charge is 0.500 e. The van der Waals surface area contributed by atoms with Crippen molar-refractivity contribution in [3.63, 3.8) is 0 Å². The third-order valence-electron chi connectivity index (χ3n) is 5.37. The van der Waals surface area contributed by atoms with E-state index < -0.39 is 23.0 Å². The standard InChI is InChI=1S/C12H26O5Si.C10H20O5Si.3CH4/c1-7-12(2,3)11(13)17-9-8-10-18(14-4,15-5)16-6;1-9(2)10(11)15-7-6-8-16(12-3,13-4)14-5;;;/h7-10H2,1-6H3;1,6-8H2,2-5H3;3*1H4. The van der Waals surface area contributed by atoms with Crippen LogP contribution in [-0.2, 0) is 45.6 Å². The molecule has 37 heavy (non-hydrogen) atoms. The van der Waals surface area contributed by atoms with Gasteiger partial charge in [0.2, 0.25) is 0 Å². The Morgan fingerprint density at radius 2 is 1.03 bits per heavy atom. The van der Waals surface area contributed by atoms with E-state index in [1.165, 1.54) is 0 Å². The predicted octanol–water partition coefficient (Wildman–Crippen LogP) is 5.52. The minimum Gasteiger partial charge on any atom is -0.465 e. The van der Waals surface area contributed by atoms with Crippen molar-refractivity contribution in [3.8, 4) is 0 Å². The fourth-order valence-corrected chi connectivity index (χ4v) is 5.86. The van der Waals surface area contributed by atoms with Crippen molar-refractivity contribution in [2.75, 3.05) is 55.9 Å². The van der Waals surface area contributed by atoms with Crippen LogP contribution in [0.1, 0.15) is 69.2 Å². The van der Waals surface area contributed by atoms with E-state index in [-0.39, 0.29) is 34.2 Å². The van der Waals surface area contributed by atoms with Crippen LogP contribution in [0.15, 0.2) is 12.2 Å². The Bertz CT molecular complexity index is 575. The summed E-state index contributed by atoms with van der Waals surface area (Å²) in [4.78, 5) is 22.8. The van der Waals surface area contributed by atoms with Gasteiger partial charge in [-0.2, -0.15) is 0 Å². The number of hydrogen-bond acceptors (Lipinski definition) is 10. The molecule has 0 aromatic rings. The van der Waals surface area contributed by atoms with Gasteiger partial charge in [0, 0.05) is 60.3 Å². The zero-order valence-corrected chi connectivity index (χ0v) is 24.7. The summed E-state index contributed by atoms with van der Waals surface area (Å²) in [5, 5.41) is 0. The molecular formula is C25H58O10Si2. The van der Waals surface area contributed by atoms with E-state index in [4.69, 9.17) is 36.0 Å². The van der Waals surface area contributed by atoms with Gasteiger partial charge in [0.15, 0.2) is 0 Å². The van der Waals surface area contributed by atoms with E-state index in [1.807, 2.05) is 20.8 Å². The normalized spacial score (nSPS) is 11.0. The molecule has 0 aromatic carbocycles. The highest BCUT2D eigenvalue weighted by Crippen LogP contribution is 2.22. The third kappa shape index (κ3) is 17.9. The van der Waals surface area contributed by atoms with Gasteiger partial charge < -0.3 is 36.0 Å². The number of carbonyl (C=O) groups is 2. The lowest BCUT2D eigenvalue weighted by molar-refractivity contribution is -0.154. The highest BCUT2D eigenvalue weighted by molar-refractivity contribution is 6.60. The molecule has 0 radical (unpaired) electrons. The second-order valence-electron chi connectivity index (χ2n) is 8.09. The smallest absolute Gasteiger partial charge is 0.465 e. The molecule has 0 amide bonds.